The number of nitrogens with zero attached hydrogens (tertiary/aromatic N) is 1. The smallest absolute Gasteiger partial charge is 0.317 e. The lowest BCUT2D eigenvalue weighted by Gasteiger charge is -2.46. The van der Waals surface area contributed by atoms with E-state index in [1.165, 1.54) is 5.56 Å². The molecule has 2 saturated heterocycles. The summed E-state index contributed by atoms with van der Waals surface area (Å²) in [6.07, 6.45) is 3.00. The first-order valence-electron chi connectivity index (χ1n) is 9.14. The Morgan fingerprint density at radius 3 is 2.38 bits per heavy atom. The third kappa shape index (κ3) is 4.10. The fourth-order valence-electron chi connectivity index (χ4n) is 4.63. The Kier molecular flexibility index (Phi) is 4.60. The van der Waals surface area contributed by atoms with E-state index in [-0.39, 0.29) is 23.2 Å². The van der Waals surface area contributed by atoms with Crippen LogP contribution in [0.1, 0.15) is 58.4 Å². The van der Waals surface area contributed by atoms with Gasteiger partial charge in [-0.25, -0.2) is 4.79 Å². The van der Waals surface area contributed by atoms with Gasteiger partial charge in [-0.15, -0.1) is 0 Å². The summed E-state index contributed by atoms with van der Waals surface area (Å²) in [5.74, 6) is 0.470. The third-order valence-corrected chi connectivity index (χ3v) is 5.26. The van der Waals surface area contributed by atoms with Crippen molar-refractivity contribution in [3.63, 3.8) is 0 Å². The summed E-state index contributed by atoms with van der Waals surface area (Å²) in [5.41, 5.74) is 1.45. The van der Waals surface area contributed by atoms with Crippen molar-refractivity contribution in [1.82, 2.24) is 15.5 Å². The van der Waals surface area contributed by atoms with Crippen molar-refractivity contribution in [2.24, 2.45) is 0 Å². The summed E-state index contributed by atoms with van der Waals surface area (Å²) < 4.78 is 0. The minimum absolute atomic E-state index is 0.0529. The van der Waals surface area contributed by atoms with Crippen LogP contribution in [0.4, 0.5) is 4.79 Å². The van der Waals surface area contributed by atoms with E-state index in [2.05, 4.69) is 62.6 Å². The number of likely N-dealkylation sites (tertiary alicyclic amines) is 1. The normalized spacial score (nSPS) is 26.3. The molecule has 2 N–H and O–H groups in total. The number of amides is 2. The summed E-state index contributed by atoms with van der Waals surface area (Å²) in [4.78, 5) is 14.7. The first-order valence-corrected chi connectivity index (χ1v) is 9.14. The predicted octanol–water partition coefficient (Wildman–Crippen LogP) is 3.49. The molecule has 1 atom stereocenters. The van der Waals surface area contributed by atoms with Gasteiger partial charge in [-0.2, -0.15) is 0 Å². The zero-order chi connectivity index (χ0) is 17.4. The van der Waals surface area contributed by atoms with Gasteiger partial charge in [-0.05, 0) is 52.5 Å². The molecule has 0 bridgehead atoms. The SMILES string of the molecule is CC1(C)CC(NC(=O)N2CCC(c3ccccc3)C2)CC(C)(C)N1. The molecule has 2 aliphatic heterocycles. The van der Waals surface area contributed by atoms with Gasteiger partial charge in [0.05, 0.1) is 0 Å². The van der Waals surface area contributed by atoms with Crippen LogP contribution in [0, 0.1) is 0 Å². The van der Waals surface area contributed by atoms with Gasteiger partial charge in [0.25, 0.3) is 0 Å². The highest BCUT2D eigenvalue weighted by atomic mass is 16.2. The van der Waals surface area contributed by atoms with Crippen LogP contribution in [0.15, 0.2) is 30.3 Å². The number of nitrogens with one attached hydrogen (secondary N) is 2. The van der Waals surface area contributed by atoms with Crippen LogP contribution < -0.4 is 10.6 Å². The molecule has 1 aromatic rings. The maximum atomic E-state index is 12.7. The number of urea groups is 1. The lowest BCUT2D eigenvalue weighted by Crippen LogP contribution is -2.62. The molecular weight excluding hydrogens is 298 g/mol. The van der Waals surface area contributed by atoms with E-state index < -0.39 is 0 Å². The summed E-state index contributed by atoms with van der Waals surface area (Å²) >= 11 is 0. The van der Waals surface area contributed by atoms with E-state index in [0.29, 0.717) is 5.92 Å². The van der Waals surface area contributed by atoms with Crippen LogP contribution in [0.2, 0.25) is 0 Å². The maximum absolute atomic E-state index is 12.7. The van der Waals surface area contributed by atoms with Crippen molar-refractivity contribution >= 4 is 6.03 Å². The number of piperidine rings is 1. The number of carbonyl (C=O) groups is 1. The average Bonchev–Trinajstić information content (AvgIpc) is 2.94. The third-order valence-electron chi connectivity index (χ3n) is 5.26. The van der Waals surface area contributed by atoms with E-state index in [9.17, 15) is 4.79 Å². The minimum atomic E-state index is 0.0529. The van der Waals surface area contributed by atoms with Gasteiger partial charge in [0, 0.05) is 36.1 Å². The molecule has 0 aromatic heterocycles. The van der Waals surface area contributed by atoms with E-state index in [0.717, 1.165) is 32.4 Å². The Hall–Kier alpha value is -1.55. The molecule has 132 valence electrons. The van der Waals surface area contributed by atoms with E-state index >= 15 is 0 Å². The second kappa shape index (κ2) is 6.40. The van der Waals surface area contributed by atoms with Crippen LogP contribution in [0.3, 0.4) is 0 Å². The molecule has 2 heterocycles. The lowest BCUT2D eigenvalue weighted by atomic mass is 9.80. The number of hydrogen-bond acceptors (Lipinski definition) is 2. The van der Waals surface area contributed by atoms with E-state index in [4.69, 9.17) is 0 Å². The standard InChI is InChI=1S/C20H31N3O/c1-19(2)12-17(13-20(3,4)22-19)21-18(24)23-11-10-16(14-23)15-8-6-5-7-9-15/h5-9,16-17,22H,10-14H2,1-4H3,(H,21,24). The highest BCUT2D eigenvalue weighted by Gasteiger charge is 2.39. The zero-order valence-corrected chi connectivity index (χ0v) is 15.4. The summed E-state index contributed by atoms with van der Waals surface area (Å²) in [6.45, 7) is 10.5. The second-order valence-electron chi connectivity index (χ2n) is 8.79. The van der Waals surface area contributed by atoms with Gasteiger partial charge < -0.3 is 15.5 Å². The molecule has 24 heavy (non-hydrogen) atoms. The monoisotopic (exact) mass is 329 g/mol. The fraction of sp³-hybridized carbons (Fsp3) is 0.650. The minimum Gasteiger partial charge on any atom is -0.335 e. The maximum Gasteiger partial charge on any atom is 0.317 e. The molecule has 4 nitrogen and oxygen atoms in total. The topological polar surface area (TPSA) is 44.4 Å². The van der Waals surface area contributed by atoms with Gasteiger partial charge >= 0.3 is 6.03 Å². The van der Waals surface area contributed by atoms with Crippen molar-refractivity contribution in [2.45, 2.75) is 70.0 Å². The van der Waals surface area contributed by atoms with Gasteiger partial charge in [-0.1, -0.05) is 30.3 Å². The number of carbonyl (C=O) groups excluding carboxylic acids is 1. The van der Waals surface area contributed by atoms with Crippen molar-refractivity contribution in [2.75, 3.05) is 13.1 Å². The fourth-order valence-corrected chi connectivity index (χ4v) is 4.63. The zero-order valence-electron chi connectivity index (χ0n) is 15.4. The average molecular weight is 329 g/mol. The predicted molar refractivity (Wildman–Crippen MR) is 98.2 cm³/mol. The molecule has 1 unspecified atom stereocenters. The molecule has 3 rings (SSSR count). The van der Waals surface area contributed by atoms with Crippen molar-refractivity contribution in [3.8, 4) is 0 Å². The summed E-state index contributed by atoms with van der Waals surface area (Å²) in [5, 5.41) is 6.96. The van der Waals surface area contributed by atoms with Gasteiger partial charge in [0.15, 0.2) is 0 Å². The Labute approximate surface area is 146 Å². The number of rotatable bonds is 2. The van der Waals surface area contributed by atoms with Crippen molar-refractivity contribution < 1.29 is 4.79 Å². The van der Waals surface area contributed by atoms with E-state index in [1.54, 1.807) is 0 Å². The molecule has 0 aliphatic carbocycles. The molecular formula is C20H31N3O. The first-order chi connectivity index (χ1) is 11.2. The number of benzene rings is 1. The van der Waals surface area contributed by atoms with Crippen molar-refractivity contribution in [1.29, 1.82) is 0 Å². The first kappa shape index (κ1) is 17.3. The highest BCUT2D eigenvalue weighted by molar-refractivity contribution is 5.75. The molecule has 4 heteroatoms. The molecule has 0 radical (unpaired) electrons. The second-order valence-corrected chi connectivity index (χ2v) is 8.79. The molecule has 1 aromatic carbocycles. The van der Waals surface area contributed by atoms with Crippen LogP contribution >= 0.6 is 0 Å². The van der Waals surface area contributed by atoms with Crippen LogP contribution in [0.25, 0.3) is 0 Å². The van der Waals surface area contributed by atoms with E-state index in [1.807, 2.05) is 11.0 Å². The Bertz CT molecular complexity index is 566. The Balaban J connectivity index is 1.58. The molecule has 0 spiro atoms. The highest BCUT2D eigenvalue weighted by Crippen LogP contribution is 2.30. The van der Waals surface area contributed by atoms with Gasteiger partial charge in [0.1, 0.15) is 0 Å². The largest absolute Gasteiger partial charge is 0.335 e. The summed E-state index contributed by atoms with van der Waals surface area (Å²) in [7, 11) is 0. The molecule has 0 saturated carbocycles. The summed E-state index contributed by atoms with van der Waals surface area (Å²) in [6, 6.07) is 10.9. The lowest BCUT2D eigenvalue weighted by molar-refractivity contribution is 0.141. The number of hydrogen-bond donors (Lipinski definition) is 2. The molecule has 2 fully saturated rings. The molecule has 2 amide bonds. The van der Waals surface area contributed by atoms with Crippen LogP contribution in [-0.2, 0) is 0 Å². The van der Waals surface area contributed by atoms with Crippen molar-refractivity contribution in [3.05, 3.63) is 35.9 Å². The molecule has 2 aliphatic rings. The van der Waals surface area contributed by atoms with Gasteiger partial charge in [0.2, 0.25) is 0 Å². The quantitative estimate of drug-likeness (QED) is 0.872. The Morgan fingerprint density at radius 1 is 1.12 bits per heavy atom. The van der Waals surface area contributed by atoms with Crippen LogP contribution in [0.5, 0.6) is 0 Å². The van der Waals surface area contributed by atoms with Gasteiger partial charge in [-0.3, -0.25) is 0 Å². The van der Waals surface area contributed by atoms with Crippen LogP contribution in [-0.4, -0.2) is 41.1 Å². The Morgan fingerprint density at radius 2 is 1.75 bits per heavy atom.